The number of aromatic amines is 1. The standard InChI is InChI=1S/C21H20N4O5/c26-20-17-5-1-2-6-18(17)22-19(23-20)13-24(12-16-4-3-11-30-16)21(27)14-7-9-15(10-8-14)25(28)29/h1-2,5-10,16H,3-4,11-13H2,(H,22,23,26)/t16-/m0/s1. The van der Waals surface area contributed by atoms with Crippen molar-refractivity contribution in [3.63, 3.8) is 0 Å². The lowest BCUT2D eigenvalue weighted by atomic mass is 10.1. The van der Waals surface area contributed by atoms with Gasteiger partial charge in [0.15, 0.2) is 0 Å². The lowest BCUT2D eigenvalue weighted by Gasteiger charge is -2.25. The summed E-state index contributed by atoms with van der Waals surface area (Å²) in [7, 11) is 0. The fraction of sp³-hybridized carbons (Fsp3) is 0.286. The molecule has 30 heavy (non-hydrogen) atoms. The molecule has 1 N–H and O–H groups in total. The first-order valence-corrected chi connectivity index (χ1v) is 9.64. The van der Waals surface area contributed by atoms with Crippen LogP contribution < -0.4 is 5.56 Å². The molecule has 1 atom stereocenters. The zero-order chi connectivity index (χ0) is 21.1. The molecule has 3 aromatic rings. The van der Waals surface area contributed by atoms with E-state index < -0.39 is 4.92 Å². The number of nitrogens with one attached hydrogen (secondary N) is 1. The molecule has 1 fully saturated rings. The summed E-state index contributed by atoms with van der Waals surface area (Å²) in [6.45, 7) is 1.08. The van der Waals surface area contributed by atoms with Crippen LogP contribution in [0.5, 0.6) is 0 Å². The summed E-state index contributed by atoms with van der Waals surface area (Å²) in [6, 6.07) is 12.5. The normalized spacial score (nSPS) is 15.9. The van der Waals surface area contributed by atoms with E-state index in [1.54, 1.807) is 29.2 Å². The first-order chi connectivity index (χ1) is 14.5. The van der Waals surface area contributed by atoms with Crippen LogP contribution in [0.15, 0.2) is 53.3 Å². The van der Waals surface area contributed by atoms with Crippen molar-refractivity contribution in [2.24, 2.45) is 0 Å². The Morgan fingerprint density at radius 3 is 2.70 bits per heavy atom. The number of aromatic nitrogens is 2. The molecule has 1 aliphatic rings. The van der Waals surface area contributed by atoms with Crippen molar-refractivity contribution in [1.82, 2.24) is 14.9 Å². The molecule has 1 amide bonds. The maximum atomic E-state index is 13.1. The van der Waals surface area contributed by atoms with Gasteiger partial charge in [0.1, 0.15) is 5.82 Å². The summed E-state index contributed by atoms with van der Waals surface area (Å²) in [5.74, 6) is 0.0585. The Morgan fingerprint density at radius 2 is 2.00 bits per heavy atom. The average Bonchev–Trinajstić information content (AvgIpc) is 3.26. The number of rotatable bonds is 6. The monoisotopic (exact) mass is 408 g/mol. The third-order valence-corrected chi connectivity index (χ3v) is 5.06. The van der Waals surface area contributed by atoms with E-state index in [1.165, 1.54) is 24.3 Å². The lowest BCUT2D eigenvalue weighted by molar-refractivity contribution is -0.384. The van der Waals surface area contributed by atoms with Crippen LogP contribution in [0.3, 0.4) is 0 Å². The molecule has 2 heterocycles. The number of fused-ring (bicyclic) bond motifs is 1. The number of hydrogen-bond donors (Lipinski definition) is 1. The summed E-state index contributed by atoms with van der Waals surface area (Å²) < 4.78 is 5.68. The van der Waals surface area contributed by atoms with Gasteiger partial charge >= 0.3 is 0 Å². The third-order valence-electron chi connectivity index (χ3n) is 5.06. The summed E-state index contributed by atoms with van der Waals surface area (Å²) >= 11 is 0. The fourth-order valence-corrected chi connectivity index (χ4v) is 3.55. The Balaban J connectivity index is 1.63. The highest BCUT2D eigenvalue weighted by Crippen LogP contribution is 2.18. The Bertz CT molecular complexity index is 1140. The number of para-hydroxylation sites is 1. The van der Waals surface area contributed by atoms with Crippen LogP contribution in [0.1, 0.15) is 29.0 Å². The summed E-state index contributed by atoms with van der Waals surface area (Å²) in [5.41, 5.74) is 0.519. The molecule has 154 valence electrons. The summed E-state index contributed by atoms with van der Waals surface area (Å²) in [6.07, 6.45) is 1.67. The molecule has 4 rings (SSSR count). The molecule has 1 saturated heterocycles. The highest BCUT2D eigenvalue weighted by atomic mass is 16.6. The number of hydrogen-bond acceptors (Lipinski definition) is 6. The molecular weight excluding hydrogens is 388 g/mol. The van der Waals surface area contributed by atoms with Crippen molar-refractivity contribution < 1.29 is 14.5 Å². The van der Waals surface area contributed by atoms with E-state index in [4.69, 9.17) is 4.74 Å². The molecule has 0 aliphatic carbocycles. The van der Waals surface area contributed by atoms with Gasteiger partial charge in [-0.05, 0) is 37.1 Å². The van der Waals surface area contributed by atoms with Crippen LogP contribution in [0, 0.1) is 10.1 Å². The van der Waals surface area contributed by atoms with Gasteiger partial charge in [0.2, 0.25) is 0 Å². The van der Waals surface area contributed by atoms with Gasteiger partial charge in [0, 0.05) is 30.8 Å². The quantitative estimate of drug-likeness (QED) is 0.495. The first-order valence-electron chi connectivity index (χ1n) is 9.64. The zero-order valence-corrected chi connectivity index (χ0v) is 16.1. The van der Waals surface area contributed by atoms with Crippen molar-refractivity contribution in [2.45, 2.75) is 25.5 Å². The third kappa shape index (κ3) is 4.20. The fourth-order valence-electron chi connectivity index (χ4n) is 3.55. The molecule has 9 nitrogen and oxygen atoms in total. The van der Waals surface area contributed by atoms with Gasteiger partial charge in [0.05, 0.1) is 28.5 Å². The van der Waals surface area contributed by atoms with Crippen molar-refractivity contribution >= 4 is 22.5 Å². The van der Waals surface area contributed by atoms with E-state index in [0.29, 0.717) is 35.4 Å². The maximum absolute atomic E-state index is 13.1. The average molecular weight is 408 g/mol. The molecule has 0 bridgehead atoms. The Labute approximate surface area is 171 Å². The number of nitro groups is 1. The van der Waals surface area contributed by atoms with E-state index >= 15 is 0 Å². The maximum Gasteiger partial charge on any atom is 0.269 e. The van der Waals surface area contributed by atoms with Gasteiger partial charge in [-0.2, -0.15) is 0 Å². The second-order valence-electron chi connectivity index (χ2n) is 7.15. The number of carbonyl (C=O) groups excluding carboxylic acids is 1. The molecular formula is C21H20N4O5. The second-order valence-corrected chi connectivity index (χ2v) is 7.15. The number of H-pyrrole nitrogens is 1. The van der Waals surface area contributed by atoms with Crippen LogP contribution in [0.4, 0.5) is 5.69 Å². The van der Waals surface area contributed by atoms with Gasteiger partial charge in [-0.1, -0.05) is 12.1 Å². The molecule has 9 heteroatoms. The Kier molecular flexibility index (Phi) is 5.53. The van der Waals surface area contributed by atoms with Gasteiger partial charge in [-0.15, -0.1) is 0 Å². The number of carbonyl (C=O) groups is 1. The predicted octanol–water partition coefficient (Wildman–Crippen LogP) is 2.65. The van der Waals surface area contributed by atoms with E-state index in [9.17, 15) is 19.7 Å². The van der Waals surface area contributed by atoms with Crippen LogP contribution in [-0.4, -0.2) is 45.0 Å². The number of nitro benzene ring substituents is 1. The molecule has 0 radical (unpaired) electrons. The molecule has 2 aromatic carbocycles. The number of non-ortho nitro benzene ring substituents is 1. The number of benzene rings is 2. The van der Waals surface area contributed by atoms with Crippen LogP contribution in [-0.2, 0) is 11.3 Å². The van der Waals surface area contributed by atoms with Gasteiger partial charge in [0.25, 0.3) is 17.2 Å². The topological polar surface area (TPSA) is 118 Å². The van der Waals surface area contributed by atoms with E-state index in [0.717, 1.165) is 12.8 Å². The number of ether oxygens (including phenoxy) is 1. The van der Waals surface area contributed by atoms with Crippen LogP contribution in [0.25, 0.3) is 10.9 Å². The lowest BCUT2D eigenvalue weighted by Crippen LogP contribution is -2.37. The Hall–Kier alpha value is -3.59. The van der Waals surface area contributed by atoms with E-state index in [2.05, 4.69) is 9.97 Å². The highest BCUT2D eigenvalue weighted by Gasteiger charge is 2.25. The smallest absolute Gasteiger partial charge is 0.269 e. The van der Waals surface area contributed by atoms with Gasteiger partial charge < -0.3 is 14.6 Å². The molecule has 1 aliphatic heterocycles. The largest absolute Gasteiger partial charge is 0.376 e. The number of amides is 1. The van der Waals surface area contributed by atoms with E-state index in [-0.39, 0.29) is 29.8 Å². The summed E-state index contributed by atoms with van der Waals surface area (Å²) in [4.78, 5) is 44.7. The number of nitrogens with zero attached hydrogens (tertiary/aromatic N) is 3. The van der Waals surface area contributed by atoms with Crippen LogP contribution in [0.2, 0.25) is 0 Å². The predicted molar refractivity (Wildman–Crippen MR) is 109 cm³/mol. The molecule has 0 spiro atoms. The van der Waals surface area contributed by atoms with Crippen molar-refractivity contribution in [3.05, 3.63) is 80.4 Å². The van der Waals surface area contributed by atoms with Crippen molar-refractivity contribution in [3.8, 4) is 0 Å². The van der Waals surface area contributed by atoms with Crippen molar-refractivity contribution in [2.75, 3.05) is 13.2 Å². The van der Waals surface area contributed by atoms with Gasteiger partial charge in [-0.25, -0.2) is 4.98 Å². The van der Waals surface area contributed by atoms with Crippen LogP contribution >= 0.6 is 0 Å². The van der Waals surface area contributed by atoms with Crippen molar-refractivity contribution in [1.29, 1.82) is 0 Å². The zero-order valence-electron chi connectivity index (χ0n) is 16.1. The molecule has 1 aromatic heterocycles. The SMILES string of the molecule is O=C(c1ccc([N+](=O)[O-])cc1)N(Cc1nc2ccccc2c(=O)[nH]1)C[C@@H]1CCCO1. The minimum atomic E-state index is -0.512. The summed E-state index contributed by atoms with van der Waals surface area (Å²) in [5, 5.41) is 11.4. The second kappa shape index (κ2) is 8.42. The highest BCUT2D eigenvalue weighted by molar-refractivity contribution is 5.94. The Morgan fingerprint density at radius 1 is 1.23 bits per heavy atom. The molecule has 0 unspecified atom stereocenters. The first kappa shape index (κ1) is 19.7. The van der Waals surface area contributed by atoms with Gasteiger partial charge in [-0.3, -0.25) is 19.7 Å². The minimum absolute atomic E-state index is 0.0854. The minimum Gasteiger partial charge on any atom is -0.376 e. The van der Waals surface area contributed by atoms with E-state index in [1.807, 2.05) is 0 Å². The molecule has 0 saturated carbocycles.